The minimum absolute atomic E-state index is 0.0232. The summed E-state index contributed by atoms with van der Waals surface area (Å²) in [5.74, 6) is -1.54. The van der Waals surface area contributed by atoms with Gasteiger partial charge in [0.15, 0.2) is 11.6 Å². The first-order valence-corrected chi connectivity index (χ1v) is 11.6. The van der Waals surface area contributed by atoms with E-state index in [0.717, 1.165) is 31.8 Å². The van der Waals surface area contributed by atoms with Crippen LogP contribution in [0.1, 0.15) is 21.5 Å². The number of anilines is 1. The van der Waals surface area contributed by atoms with Gasteiger partial charge in [0.2, 0.25) is 0 Å². The molecule has 0 atom stereocenters. The number of morpholine rings is 1. The molecule has 37 heavy (non-hydrogen) atoms. The van der Waals surface area contributed by atoms with Crippen molar-refractivity contribution in [2.24, 2.45) is 0 Å². The molecule has 2 aromatic carbocycles. The molecule has 4 rings (SSSR count). The Morgan fingerprint density at radius 1 is 1.11 bits per heavy atom. The van der Waals surface area contributed by atoms with Crippen LogP contribution in [0.4, 0.5) is 23.4 Å². The highest BCUT2D eigenvalue weighted by molar-refractivity contribution is 5.94. The molecule has 3 aromatic rings. The molecule has 0 saturated carbocycles. The average Bonchev–Trinajstić information content (AvgIpc) is 2.88. The molecular formula is C26H26F4N4O3. The van der Waals surface area contributed by atoms with Gasteiger partial charge >= 0.3 is 6.18 Å². The molecular weight excluding hydrogens is 492 g/mol. The second kappa shape index (κ2) is 11.6. The normalized spacial score (nSPS) is 14.4. The van der Waals surface area contributed by atoms with Crippen LogP contribution in [0, 0.1) is 5.82 Å². The molecule has 2 heterocycles. The van der Waals surface area contributed by atoms with E-state index < -0.39 is 24.2 Å². The van der Waals surface area contributed by atoms with Crippen LogP contribution in [0.2, 0.25) is 0 Å². The van der Waals surface area contributed by atoms with Crippen LogP contribution in [-0.2, 0) is 17.5 Å². The fourth-order valence-electron chi connectivity index (χ4n) is 3.96. The number of aromatic nitrogens is 1. The van der Waals surface area contributed by atoms with Gasteiger partial charge in [-0.2, -0.15) is 13.2 Å². The average molecular weight is 519 g/mol. The number of nitrogens with zero attached hydrogens (tertiary/aromatic N) is 2. The summed E-state index contributed by atoms with van der Waals surface area (Å²) in [6, 6.07) is 11.4. The lowest BCUT2D eigenvalue weighted by Gasteiger charge is -2.26. The van der Waals surface area contributed by atoms with Gasteiger partial charge < -0.3 is 20.5 Å². The number of nitrogen functional groups attached to an aromatic ring is 1. The van der Waals surface area contributed by atoms with E-state index in [2.05, 4.69) is 15.2 Å². The molecule has 0 aliphatic carbocycles. The van der Waals surface area contributed by atoms with Crippen LogP contribution in [0.15, 0.2) is 54.7 Å². The zero-order chi connectivity index (χ0) is 26.4. The Labute approximate surface area is 211 Å². The van der Waals surface area contributed by atoms with Gasteiger partial charge in [0.25, 0.3) is 5.91 Å². The number of nitrogens with two attached hydrogens (primary N) is 1. The number of ether oxygens (including phenoxy) is 2. The van der Waals surface area contributed by atoms with Gasteiger partial charge in [0.05, 0.1) is 18.8 Å². The third-order valence-corrected chi connectivity index (χ3v) is 5.95. The Balaban J connectivity index is 1.40. The number of nitrogens with one attached hydrogen (secondary N) is 1. The Bertz CT molecular complexity index is 1230. The summed E-state index contributed by atoms with van der Waals surface area (Å²) in [6.45, 7) is 3.79. The summed E-state index contributed by atoms with van der Waals surface area (Å²) in [5.41, 5.74) is 5.88. The maximum absolute atomic E-state index is 13.8. The SMILES string of the molecule is Nc1ncc(-c2ccc(C(=O)NCCN3CCOCC3)cc2)cc1OCc1cccc(F)c1C(F)(F)F. The van der Waals surface area contributed by atoms with Crippen molar-refractivity contribution in [3.8, 4) is 16.9 Å². The lowest BCUT2D eigenvalue weighted by atomic mass is 10.0. The molecule has 1 aliphatic heterocycles. The lowest BCUT2D eigenvalue weighted by Crippen LogP contribution is -2.41. The largest absolute Gasteiger partial charge is 0.485 e. The topological polar surface area (TPSA) is 89.7 Å². The van der Waals surface area contributed by atoms with Crippen LogP contribution in [0.3, 0.4) is 0 Å². The predicted molar refractivity (Wildman–Crippen MR) is 129 cm³/mol. The van der Waals surface area contributed by atoms with Gasteiger partial charge in [-0.25, -0.2) is 9.37 Å². The molecule has 1 saturated heterocycles. The summed E-state index contributed by atoms with van der Waals surface area (Å²) < 4.78 is 64.5. The Morgan fingerprint density at radius 2 is 1.84 bits per heavy atom. The van der Waals surface area contributed by atoms with Crippen molar-refractivity contribution in [2.75, 3.05) is 45.1 Å². The summed E-state index contributed by atoms with van der Waals surface area (Å²) in [5, 5.41) is 2.90. The number of benzene rings is 2. The van der Waals surface area contributed by atoms with Crippen LogP contribution in [0.25, 0.3) is 11.1 Å². The van der Waals surface area contributed by atoms with Crippen LogP contribution < -0.4 is 15.8 Å². The Kier molecular flexibility index (Phi) is 8.24. The van der Waals surface area contributed by atoms with E-state index in [-0.39, 0.29) is 23.0 Å². The van der Waals surface area contributed by atoms with Crippen LogP contribution >= 0.6 is 0 Å². The monoisotopic (exact) mass is 518 g/mol. The van der Waals surface area contributed by atoms with E-state index in [1.165, 1.54) is 18.3 Å². The van der Waals surface area contributed by atoms with E-state index >= 15 is 0 Å². The van der Waals surface area contributed by atoms with Crippen LogP contribution in [0.5, 0.6) is 5.75 Å². The molecule has 11 heteroatoms. The number of hydrogen-bond acceptors (Lipinski definition) is 6. The molecule has 0 unspecified atom stereocenters. The molecule has 0 bridgehead atoms. The Hall–Kier alpha value is -3.70. The number of alkyl halides is 3. The van der Waals surface area contributed by atoms with Crippen molar-refractivity contribution in [1.29, 1.82) is 0 Å². The summed E-state index contributed by atoms with van der Waals surface area (Å²) >= 11 is 0. The zero-order valence-corrected chi connectivity index (χ0v) is 19.9. The first-order valence-electron chi connectivity index (χ1n) is 11.6. The van der Waals surface area contributed by atoms with Crippen molar-refractivity contribution in [1.82, 2.24) is 15.2 Å². The van der Waals surface area contributed by atoms with Gasteiger partial charge in [-0.05, 0) is 29.8 Å². The number of halogens is 4. The summed E-state index contributed by atoms with van der Waals surface area (Å²) in [6.07, 6.45) is -3.38. The van der Waals surface area contributed by atoms with E-state index in [0.29, 0.717) is 36.4 Å². The number of pyridine rings is 1. The molecule has 1 amide bonds. The molecule has 3 N–H and O–H groups in total. The third-order valence-electron chi connectivity index (χ3n) is 5.95. The number of carbonyl (C=O) groups is 1. The van der Waals surface area contributed by atoms with Gasteiger partial charge in [-0.3, -0.25) is 9.69 Å². The van der Waals surface area contributed by atoms with Gasteiger partial charge in [0.1, 0.15) is 12.4 Å². The summed E-state index contributed by atoms with van der Waals surface area (Å²) in [7, 11) is 0. The minimum Gasteiger partial charge on any atom is -0.485 e. The molecule has 7 nitrogen and oxygen atoms in total. The fraction of sp³-hybridized carbons (Fsp3) is 0.308. The Morgan fingerprint density at radius 3 is 2.54 bits per heavy atom. The standard InChI is InChI=1S/C26H26F4N4O3/c27-21-3-1-2-19(23(21)26(28,29)30)16-37-22-14-20(15-33-24(22)31)17-4-6-18(7-5-17)25(35)32-8-9-34-10-12-36-13-11-34/h1-7,14-15H,8-13,16H2,(H2,31,33)(H,32,35). The summed E-state index contributed by atoms with van der Waals surface area (Å²) in [4.78, 5) is 18.7. The lowest BCUT2D eigenvalue weighted by molar-refractivity contribution is -0.141. The molecule has 1 aromatic heterocycles. The number of amides is 1. The second-order valence-electron chi connectivity index (χ2n) is 8.46. The maximum Gasteiger partial charge on any atom is 0.419 e. The zero-order valence-electron chi connectivity index (χ0n) is 19.9. The third kappa shape index (κ3) is 6.75. The number of carbonyl (C=O) groups excluding carboxylic acids is 1. The molecule has 0 spiro atoms. The van der Waals surface area contributed by atoms with E-state index in [1.54, 1.807) is 24.3 Å². The maximum atomic E-state index is 13.8. The highest BCUT2D eigenvalue weighted by atomic mass is 19.4. The van der Waals surface area contributed by atoms with Crippen LogP contribution in [-0.4, -0.2) is 55.2 Å². The quantitative estimate of drug-likeness (QED) is 0.436. The predicted octanol–water partition coefficient (Wildman–Crippen LogP) is 4.13. The van der Waals surface area contributed by atoms with Gasteiger partial charge in [-0.15, -0.1) is 0 Å². The first kappa shape index (κ1) is 26.4. The smallest absolute Gasteiger partial charge is 0.419 e. The van der Waals surface area contributed by atoms with Crippen molar-refractivity contribution in [3.63, 3.8) is 0 Å². The van der Waals surface area contributed by atoms with Crippen molar-refractivity contribution < 1.29 is 31.8 Å². The highest BCUT2D eigenvalue weighted by Crippen LogP contribution is 2.35. The highest BCUT2D eigenvalue weighted by Gasteiger charge is 2.36. The van der Waals surface area contributed by atoms with E-state index in [1.807, 2.05) is 0 Å². The van der Waals surface area contributed by atoms with E-state index in [9.17, 15) is 22.4 Å². The first-order chi connectivity index (χ1) is 17.7. The number of hydrogen-bond donors (Lipinski definition) is 2. The molecule has 196 valence electrons. The van der Waals surface area contributed by atoms with Gasteiger partial charge in [0, 0.05) is 49.1 Å². The van der Waals surface area contributed by atoms with Gasteiger partial charge in [-0.1, -0.05) is 24.3 Å². The van der Waals surface area contributed by atoms with Crippen molar-refractivity contribution >= 4 is 11.7 Å². The second-order valence-corrected chi connectivity index (χ2v) is 8.46. The molecule has 1 fully saturated rings. The molecule has 1 aliphatic rings. The number of rotatable bonds is 8. The van der Waals surface area contributed by atoms with Crippen molar-refractivity contribution in [3.05, 3.63) is 77.2 Å². The minimum atomic E-state index is -4.87. The fourth-order valence-corrected chi connectivity index (χ4v) is 3.96. The van der Waals surface area contributed by atoms with E-state index in [4.69, 9.17) is 15.2 Å². The molecule has 0 radical (unpaired) electrons. The van der Waals surface area contributed by atoms with Crippen molar-refractivity contribution in [2.45, 2.75) is 12.8 Å².